The van der Waals surface area contributed by atoms with Gasteiger partial charge in [0, 0.05) is 58.6 Å². The van der Waals surface area contributed by atoms with Gasteiger partial charge in [-0.3, -0.25) is 0 Å². The van der Waals surface area contributed by atoms with Crippen molar-refractivity contribution in [3.63, 3.8) is 0 Å². The van der Waals surface area contributed by atoms with E-state index in [1.54, 1.807) is 84.9 Å². The van der Waals surface area contributed by atoms with Gasteiger partial charge in [0.15, 0.2) is 0 Å². The smallest absolute Gasteiger partial charge is 0.135 e. The van der Waals surface area contributed by atoms with Crippen molar-refractivity contribution in [2.45, 2.75) is 35.7 Å². The molecule has 1 aliphatic heterocycles. The Balaban J connectivity index is 1.44. The summed E-state index contributed by atoms with van der Waals surface area (Å²) >= 11 is 0. The van der Waals surface area contributed by atoms with E-state index in [1.165, 1.54) is 12.1 Å². The van der Waals surface area contributed by atoms with E-state index in [9.17, 15) is 40.9 Å². The minimum atomic E-state index is -0.693. The monoisotopic (exact) mass is 680 g/mol. The number of rotatable bonds is 4. The zero-order valence-electron chi connectivity index (χ0n) is 26.8. The average Bonchev–Trinajstić information content (AvgIpc) is 3.60. The molecule has 0 saturated heterocycles. The molecule has 0 bridgehead atoms. The largest absolute Gasteiger partial charge is 0.508 e. The minimum Gasteiger partial charge on any atom is -0.508 e. The standard InChI is InChI=1S/C42H32O9/c43-23-7-1-19(2-8-23)33-35(22-13-26(46)15-27(47)14-22)38-31(50)18-32-39-37(42(51-32)21-5-11-25(45)12-6-21)29-16-28(48)17-30(49)36(29)34(40(33)41(38)39)20-3-9-24(44)10-4-20/h1-18,33-35,37,40,42-50H/t33-,34+,35-,37+,40+,42+/m1/s1. The number of aromatic hydroxyl groups is 8. The molecule has 3 aliphatic rings. The van der Waals surface area contributed by atoms with E-state index in [1.807, 2.05) is 12.1 Å². The molecule has 8 N–H and O–H groups in total. The maximum Gasteiger partial charge on any atom is 0.135 e. The molecule has 0 aromatic heterocycles. The average molecular weight is 681 g/mol. The first-order valence-corrected chi connectivity index (χ1v) is 16.6. The normalized spacial score (nSPS) is 22.5. The van der Waals surface area contributed by atoms with Gasteiger partial charge in [-0.1, -0.05) is 36.4 Å². The minimum absolute atomic E-state index is 0.0537. The zero-order chi connectivity index (χ0) is 35.3. The Morgan fingerprint density at radius 3 is 1.47 bits per heavy atom. The van der Waals surface area contributed by atoms with Crippen LogP contribution >= 0.6 is 0 Å². The highest BCUT2D eigenvalue weighted by atomic mass is 16.5. The van der Waals surface area contributed by atoms with Crippen molar-refractivity contribution in [1.29, 1.82) is 0 Å². The Labute approximate surface area is 291 Å². The van der Waals surface area contributed by atoms with Crippen LogP contribution in [-0.2, 0) is 0 Å². The van der Waals surface area contributed by atoms with Crippen LogP contribution in [0.15, 0.2) is 109 Å². The van der Waals surface area contributed by atoms with Crippen LogP contribution in [0, 0.1) is 0 Å². The van der Waals surface area contributed by atoms with Gasteiger partial charge >= 0.3 is 0 Å². The summed E-state index contributed by atoms with van der Waals surface area (Å²) in [5.74, 6) is -3.02. The predicted octanol–water partition coefficient (Wildman–Crippen LogP) is 7.76. The van der Waals surface area contributed by atoms with Crippen molar-refractivity contribution < 1.29 is 45.6 Å². The molecule has 6 atom stereocenters. The van der Waals surface area contributed by atoms with Crippen LogP contribution < -0.4 is 4.74 Å². The molecule has 51 heavy (non-hydrogen) atoms. The van der Waals surface area contributed by atoms with Gasteiger partial charge in [0.25, 0.3) is 0 Å². The summed E-state index contributed by atoms with van der Waals surface area (Å²) in [6.07, 6.45) is -0.693. The van der Waals surface area contributed by atoms with Gasteiger partial charge in [0.05, 0.1) is 5.92 Å². The third-order valence-electron chi connectivity index (χ3n) is 10.9. The fourth-order valence-corrected chi connectivity index (χ4v) is 9.08. The Morgan fingerprint density at radius 2 is 0.863 bits per heavy atom. The first-order chi connectivity index (χ1) is 24.6. The molecular weight excluding hydrogens is 648 g/mol. The first kappa shape index (κ1) is 30.6. The molecule has 0 amide bonds. The van der Waals surface area contributed by atoms with E-state index in [2.05, 4.69) is 0 Å². The number of hydrogen-bond acceptors (Lipinski definition) is 9. The number of benzene rings is 6. The molecule has 0 unspecified atom stereocenters. The molecule has 6 aromatic carbocycles. The Morgan fingerprint density at radius 1 is 0.353 bits per heavy atom. The highest BCUT2D eigenvalue weighted by Crippen LogP contribution is 2.70. The van der Waals surface area contributed by atoms with Crippen molar-refractivity contribution in [2.75, 3.05) is 0 Å². The van der Waals surface area contributed by atoms with Gasteiger partial charge in [0.2, 0.25) is 0 Å². The molecule has 6 aromatic rings. The molecular formula is C42H32O9. The van der Waals surface area contributed by atoms with Gasteiger partial charge in [-0.05, 0) is 88.0 Å². The molecule has 0 saturated carbocycles. The molecule has 0 radical (unpaired) electrons. The van der Waals surface area contributed by atoms with E-state index >= 15 is 0 Å². The lowest BCUT2D eigenvalue weighted by Gasteiger charge is -2.34. The zero-order valence-corrected chi connectivity index (χ0v) is 26.8. The molecule has 9 nitrogen and oxygen atoms in total. The van der Waals surface area contributed by atoms with Gasteiger partial charge < -0.3 is 45.6 Å². The molecule has 1 heterocycles. The lowest BCUT2D eigenvalue weighted by Crippen LogP contribution is -2.20. The number of phenols is 8. The van der Waals surface area contributed by atoms with Crippen LogP contribution in [0.3, 0.4) is 0 Å². The molecule has 0 fully saturated rings. The molecule has 2 aliphatic carbocycles. The summed E-state index contributed by atoms with van der Waals surface area (Å²) in [4.78, 5) is 0. The predicted molar refractivity (Wildman–Crippen MR) is 186 cm³/mol. The van der Waals surface area contributed by atoms with Crippen molar-refractivity contribution in [2.24, 2.45) is 0 Å². The van der Waals surface area contributed by atoms with E-state index in [-0.39, 0.29) is 46.0 Å². The van der Waals surface area contributed by atoms with E-state index in [4.69, 9.17) is 4.74 Å². The highest BCUT2D eigenvalue weighted by molar-refractivity contribution is 5.72. The summed E-state index contributed by atoms with van der Waals surface area (Å²) in [5, 5.41) is 87.5. The number of hydrogen-bond donors (Lipinski definition) is 8. The van der Waals surface area contributed by atoms with E-state index < -0.39 is 35.7 Å². The fourth-order valence-electron chi connectivity index (χ4n) is 9.08. The van der Waals surface area contributed by atoms with Crippen LogP contribution in [0.4, 0.5) is 0 Å². The van der Waals surface area contributed by atoms with Crippen LogP contribution in [0.5, 0.6) is 51.7 Å². The second-order valence-electron chi connectivity index (χ2n) is 13.7. The van der Waals surface area contributed by atoms with E-state index in [0.29, 0.717) is 28.0 Å². The summed E-state index contributed by atoms with van der Waals surface area (Å²) in [6.45, 7) is 0. The Bertz CT molecular complexity index is 2330. The lowest BCUT2D eigenvalue weighted by atomic mass is 9.69. The summed E-state index contributed by atoms with van der Waals surface area (Å²) < 4.78 is 6.70. The molecule has 9 rings (SSSR count). The third kappa shape index (κ3) is 4.61. The fraction of sp³-hybridized carbons (Fsp3) is 0.143. The molecule has 0 spiro atoms. The van der Waals surface area contributed by atoms with Crippen molar-refractivity contribution in [3.05, 3.63) is 159 Å². The maximum atomic E-state index is 12.1. The van der Waals surface area contributed by atoms with Gasteiger partial charge in [-0.25, -0.2) is 0 Å². The number of ether oxygens (including phenoxy) is 1. The summed E-state index contributed by atoms with van der Waals surface area (Å²) in [7, 11) is 0. The van der Waals surface area contributed by atoms with E-state index in [0.717, 1.165) is 27.8 Å². The number of fused-ring (bicyclic) bond motifs is 2. The van der Waals surface area contributed by atoms with Gasteiger partial charge in [-0.2, -0.15) is 0 Å². The van der Waals surface area contributed by atoms with Crippen LogP contribution in [0.1, 0.15) is 85.8 Å². The molecule has 254 valence electrons. The highest BCUT2D eigenvalue weighted by Gasteiger charge is 2.56. The quantitative estimate of drug-likeness (QED) is 0.0927. The topological polar surface area (TPSA) is 171 Å². The maximum absolute atomic E-state index is 12.1. The Kier molecular flexibility index (Phi) is 6.60. The molecule has 9 heteroatoms. The summed E-state index contributed by atoms with van der Waals surface area (Å²) in [6, 6.07) is 29.1. The Hall–Kier alpha value is -6.48. The second kappa shape index (κ2) is 11.0. The lowest BCUT2D eigenvalue weighted by molar-refractivity contribution is 0.221. The van der Waals surface area contributed by atoms with Crippen LogP contribution in [-0.4, -0.2) is 40.9 Å². The SMILES string of the molecule is Oc1ccc([C@H]2c3c(O)cc(O)cc3[C@H]3c4c(cc(O)c5c4[C@H]2[C@H](c2ccc(O)cc2)[C@H]5c2cc(O)cc(O)c2)O[C@H]3c2ccc(O)cc2)cc1. The van der Waals surface area contributed by atoms with Gasteiger partial charge in [0.1, 0.15) is 57.8 Å². The third-order valence-corrected chi connectivity index (χ3v) is 10.9. The van der Waals surface area contributed by atoms with Crippen molar-refractivity contribution in [1.82, 2.24) is 0 Å². The van der Waals surface area contributed by atoms with Crippen molar-refractivity contribution in [3.8, 4) is 51.7 Å². The van der Waals surface area contributed by atoms with Crippen LogP contribution in [0.25, 0.3) is 0 Å². The first-order valence-electron chi connectivity index (χ1n) is 16.6. The van der Waals surface area contributed by atoms with Crippen molar-refractivity contribution >= 4 is 0 Å². The van der Waals surface area contributed by atoms with Crippen LogP contribution in [0.2, 0.25) is 0 Å². The number of phenolic OH excluding ortho intramolecular Hbond substituents is 8. The second-order valence-corrected chi connectivity index (χ2v) is 13.7. The summed E-state index contributed by atoms with van der Waals surface area (Å²) in [5.41, 5.74) is 6.00. The van der Waals surface area contributed by atoms with Gasteiger partial charge in [-0.15, -0.1) is 0 Å².